The molecule has 0 aromatic heterocycles. The summed E-state index contributed by atoms with van der Waals surface area (Å²) in [6, 6.07) is 0.851. The Labute approximate surface area is 97.2 Å². The first-order valence-electron chi connectivity index (χ1n) is 6.41. The van der Waals surface area contributed by atoms with Crippen LogP contribution in [0.25, 0.3) is 0 Å². The van der Waals surface area contributed by atoms with Gasteiger partial charge in [0.1, 0.15) is 0 Å². The molecule has 3 heteroatoms. The summed E-state index contributed by atoms with van der Waals surface area (Å²) in [7, 11) is 0. The Hall–Kier alpha value is 0.270. The van der Waals surface area contributed by atoms with Crippen LogP contribution in [-0.2, 0) is 0 Å². The van der Waals surface area contributed by atoms with E-state index in [1.807, 2.05) is 0 Å². The molecule has 3 aliphatic rings. The maximum Gasteiger partial charge on any atom is 0.0221 e. The lowest BCUT2D eigenvalue weighted by Gasteiger charge is -2.49. The lowest BCUT2D eigenvalue weighted by molar-refractivity contribution is 0.0812. The van der Waals surface area contributed by atoms with Crippen molar-refractivity contribution in [1.82, 2.24) is 10.2 Å². The van der Waals surface area contributed by atoms with Crippen LogP contribution in [0.2, 0.25) is 0 Å². The molecule has 0 bridgehead atoms. The molecule has 0 radical (unpaired) electrons. The molecule has 3 rings (SSSR count). The number of rotatable bonds is 1. The maximum absolute atomic E-state index is 3.54. The van der Waals surface area contributed by atoms with Gasteiger partial charge in [-0.15, -0.1) is 0 Å². The molecule has 0 saturated carbocycles. The summed E-state index contributed by atoms with van der Waals surface area (Å²) < 4.78 is 0. The van der Waals surface area contributed by atoms with E-state index in [-0.39, 0.29) is 0 Å². The third kappa shape index (κ3) is 2.06. The van der Waals surface area contributed by atoms with Crippen molar-refractivity contribution in [3.05, 3.63) is 0 Å². The van der Waals surface area contributed by atoms with Gasteiger partial charge in [0.05, 0.1) is 0 Å². The minimum atomic E-state index is 0.781. The molecule has 0 amide bonds. The normalized spacial score (nSPS) is 36.4. The largest absolute Gasteiger partial charge is 0.315 e. The van der Waals surface area contributed by atoms with Crippen molar-refractivity contribution in [2.75, 3.05) is 37.7 Å². The highest BCUT2D eigenvalue weighted by molar-refractivity contribution is 8.00. The average Bonchev–Trinajstić information content (AvgIpc) is 2.28. The van der Waals surface area contributed by atoms with Crippen LogP contribution in [0.15, 0.2) is 0 Å². The van der Waals surface area contributed by atoms with Gasteiger partial charge in [0.2, 0.25) is 0 Å². The third-order valence-corrected chi connectivity index (χ3v) is 6.10. The van der Waals surface area contributed by atoms with Gasteiger partial charge in [-0.05, 0) is 62.2 Å². The van der Waals surface area contributed by atoms with Crippen molar-refractivity contribution >= 4 is 11.8 Å². The summed E-state index contributed by atoms with van der Waals surface area (Å²) >= 11 is 2.15. The monoisotopic (exact) mass is 226 g/mol. The van der Waals surface area contributed by atoms with Crippen LogP contribution in [0.5, 0.6) is 0 Å². The number of nitrogens with one attached hydrogen (secondary N) is 1. The Morgan fingerprint density at radius 2 is 2.00 bits per heavy atom. The van der Waals surface area contributed by atoms with Gasteiger partial charge in [-0.3, -0.25) is 4.90 Å². The Bertz CT molecular complexity index is 212. The van der Waals surface area contributed by atoms with E-state index in [4.69, 9.17) is 0 Å². The number of hydrogen-bond acceptors (Lipinski definition) is 3. The fourth-order valence-electron chi connectivity index (χ4n) is 3.19. The van der Waals surface area contributed by atoms with E-state index in [0.29, 0.717) is 0 Å². The van der Waals surface area contributed by atoms with Gasteiger partial charge < -0.3 is 5.32 Å². The topological polar surface area (TPSA) is 15.3 Å². The molecular weight excluding hydrogens is 204 g/mol. The lowest BCUT2D eigenvalue weighted by atomic mass is 9.80. The first-order chi connectivity index (χ1) is 7.38. The van der Waals surface area contributed by atoms with Gasteiger partial charge in [-0.25, -0.2) is 0 Å². The molecule has 1 atom stereocenters. The second-order valence-corrected chi connectivity index (χ2v) is 6.51. The van der Waals surface area contributed by atoms with Gasteiger partial charge in [0.25, 0.3) is 0 Å². The van der Waals surface area contributed by atoms with E-state index in [1.54, 1.807) is 0 Å². The molecule has 86 valence electrons. The predicted octanol–water partition coefficient (Wildman–Crippen LogP) is 1.57. The van der Waals surface area contributed by atoms with Crippen molar-refractivity contribution in [2.24, 2.45) is 5.41 Å². The minimum absolute atomic E-state index is 0.781. The van der Waals surface area contributed by atoms with Crippen LogP contribution < -0.4 is 5.32 Å². The molecule has 3 fully saturated rings. The minimum Gasteiger partial charge on any atom is -0.315 e. The molecule has 1 unspecified atom stereocenters. The van der Waals surface area contributed by atoms with Crippen LogP contribution in [0, 0.1) is 5.41 Å². The lowest BCUT2D eigenvalue weighted by Crippen LogP contribution is -2.53. The highest BCUT2D eigenvalue weighted by atomic mass is 32.2. The molecule has 3 heterocycles. The van der Waals surface area contributed by atoms with Gasteiger partial charge in [0, 0.05) is 12.6 Å². The van der Waals surface area contributed by atoms with Gasteiger partial charge >= 0.3 is 0 Å². The average molecular weight is 226 g/mol. The summed E-state index contributed by atoms with van der Waals surface area (Å²) in [6.07, 6.45) is 5.74. The Morgan fingerprint density at radius 3 is 2.53 bits per heavy atom. The molecule has 3 saturated heterocycles. The second-order valence-electron chi connectivity index (χ2n) is 5.53. The summed E-state index contributed by atoms with van der Waals surface area (Å²) in [4.78, 5) is 2.75. The zero-order chi connectivity index (χ0) is 10.1. The van der Waals surface area contributed by atoms with Crippen LogP contribution in [0.4, 0.5) is 0 Å². The standard InChI is InChI=1S/C12H22N2S/c1-2-11(8-13-5-1)14-6-3-12(4-7-14)9-15-10-12/h11,13H,1-10H2. The molecular formula is C12H22N2S. The smallest absolute Gasteiger partial charge is 0.0221 e. The first-order valence-corrected chi connectivity index (χ1v) is 7.56. The molecule has 15 heavy (non-hydrogen) atoms. The second kappa shape index (κ2) is 4.27. The number of piperidine rings is 2. The van der Waals surface area contributed by atoms with E-state index in [0.717, 1.165) is 11.5 Å². The summed E-state index contributed by atoms with van der Waals surface area (Å²) in [5.74, 6) is 2.90. The van der Waals surface area contributed by atoms with Gasteiger partial charge in [0.15, 0.2) is 0 Å². The third-order valence-electron chi connectivity index (χ3n) is 4.46. The zero-order valence-corrected chi connectivity index (χ0v) is 10.3. The highest BCUT2D eigenvalue weighted by Crippen LogP contribution is 2.46. The number of thioether (sulfide) groups is 1. The molecule has 1 spiro atoms. The van der Waals surface area contributed by atoms with Gasteiger partial charge in [-0.1, -0.05) is 0 Å². The SMILES string of the molecule is C1CNCC(N2CCC3(CC2)CSC3)C1. The molecule has 0 aromatic carbocycles. The number of likely N-dealkylation sites (tertiary alicyclic amines) is 1. The fraction of sp³-hybridized carbons (Fsp3) is 1.00. The van der Waals surface area contributed by atoms with Crippen molar-refractivity contribution in [1.29, 1.82) is 0 Å². The van der Waals surface area contributed by atoms with Crippen molar-refractivity contribution in [3.63, 3.8) is 0 Å². The van der Waals surface area contributed by atoms with E-state index in [2.05, 4.69) is 22.0 Å². The summed E-state index contributed by atoms with van der Waals surface area (Å²) in [5, 5.41) is 3.54. The Kier molecular flexibility index (Phi) is 2.97. The van der Waals surface area contributed by atoms with Crippen LogP contribution in [-0.4, -0.2) is 48.6 Å². The van der Waals surface area contributed by atoms with Crippen LogP contribution in [0.3, 0.4) is 0 Å². The van der Waals surface area contributed by atoms with E-state index in [1.165, 1.54) is 63.4 Å². The predicted molar refractivity (Wildman–Crippen MR) is 66.5 cm³/mol. The van der Waals surface area contributed by atoms with E-state index in [9.17, 15) is 0 Å². The highest BCUT2D eigenvalue weighted by Gasteiger charge is 2.41. The van der Waals surface area contributed by atoms with Crippen molar-refractivity contribution in [3.8, 4) is 0 Å². The first kappa shape index (κ1) is 10.4. The number of hydrogen-bond donors (Lipinski definition) is 1. The molecule has 2 nitrogen and oxygen atoms in total. The van der Waals surface area contributed by atoms with Crippen LogP contribution >= 0.6 is 11.8 Å². The van der Waals surface area contributed by atoms with Gasteiger partial charge in [-0.2, -0.15) is 11.8 Å². The fourth-order valence-corrected chi connectivity index (χ4v) is 4.55. The Morgan fingerprint density at radius 1 is 1.20 bits per heavy atom. The van der Waals surface area contributed by atoms with Crippen LogP contribution in [0.1, 0.15) is 25.7 Å². The molecule has 3 aliphatic heterocycles. The maximum atomic E-state index is 3.54. The summed E-state index contributed by atoms with van der Waals surface area (Å²) in [5.41, 5.74) is 0.781. The summed E-state index contributed by atoms with van der Waals surface area (Å²) in [6.45, 7) is 5.21. The number of nitrogens with zero attached hydrogens (tertiary/aromatic N) is 1. The quantitative estimate of drug-likeness (QED) is 0.730. The molecule has 0 aromatic rings. The van der Waals surface area contributed by atoms with Crippen molar-refractivity contribution < 1.29 is 0 Å². The molecule has 1 N–H and O–H groups in total. The van der Waals surface area contributed by atoms with E-state index < -0.39 is 0 Å². The zero-order valence-electron chi connectivity index (χ0n) is 9.50. The van der Waals surface area contributed by atoms with E-state index >= 15 is 0 Å². The van der Waals surface area contributed by atoms with Crippen molar-refractivity contribution in [2.45, 2.75) is 31.7 Å². The molecule has 0 aliphatic carbocycles. The Balaban J connectivity index is 1.52.